The summed E-state index contributed by atoms with van der Waals surface area (Å²) >= 11 is 0. The van der Waals surface area contributed by atoms with Crippen LogP contribution in [-0.2, 0) is 0 Å². The van der Waals surface area contributed by atoms with Crippen LogP contribution in [0.25, 0.3) is 22.2 Å². The van der Waals surface area contributed by atoms with Crippen LogP contribution in [0.2, 0.25) is 0 Å². The maximum absolute atomic E-state index is 13.3. The Balaban J connectivity index is 1.49. The van der Waals surface area contributed by atoms with E-state index in [2.05, 4.69) is 20.3 Å². The molecule has 0 saturated carbocycles. The molecule has 0 bridgehead atoms. The van der Waals surface area contributed by atoms with Crippen LogP contribution in [0.15, 0.2) is 102 Å². The lowest BCUT2D eigenvalue weighted by atomic mass is 9.95. The third-order valence-electron chi connectivity index (χ3n) is 5.82. The van der Waals surface area contributed by atoms with Gasteiger partial charge >= 0.3 is 0 Å². The summed E-state index contributed by atoms with van der Waals surface area (Å²) in [7, 11) is 0. The molecule has 1 amide bonds. The molecule has 6 rings (SSSR count). The number of aromatic amines is 1. The molecule has 3 heterocycles. The number of aromatic nitrogens is 3. The van der Waals surface area contributed by atoms with Gasteiger partial charge in [-0.05, 0) is 12.1 Å². The number of nitrogens with zero attached hydrogens (tertiary/aromatic N) is 3. The maximum Gasteiger partial charge on any atom is 0.269 e. The third-order valence-corrected chi connectivity index (χ3v) is 5.82. The molecule has 1 atom stereocenters. The van der Waals surface area contributed by atoms with Gasteiger partial charge in [-0.15, -0.1) is 0 Å². The first kappa shape index (κ1) is 19.1. The molecule has 0 radical (unpaired) electrons. The van der Waals surface area contributed by atoms with Crippen molar-refractivity contribution in [3.8, 4) is 11.3 Å². The lowest BCUT2D eigenvalue weighted by Gasteiger charge is -2.16. The Morgan fingerprint density at radius 1 is 0.879 bits per heavy atom. The summed E-state index contributed by atoms with van der Waals surface area (Å²) in [4.78, 5) is 30.3. The zero-order chi connectivity index (χ0) is 22.2. The Kier molecular flexibility index (Phi) is 4.54. The van der Waals surface area contributed by atoms with Crippen LogP contribution in [0.4, 0.5) is 0 Å². The normalized spacial score (nSPS) is 14.7. The predicted octanol–water partition coefficient (Wildman–Crippen LogP) is 4.90. The van der Waals surface area contributed by atoms with Crippen molar-refractivity contribution in [2.45, 2.75) is 6.17 Å². The summed E-state index contributed by atoms with van der Waals surface area (Å²) in [5, 5.41) is 4.07. The maximum atomic E-state index is 13.3. The van der Waals surface area contributed by atoms with Crippen LogP contribution in [0.3, 0.4) is 0 Å². The number of para-hydroxylation sites is 1. The third kappa shape index (κ3) is 3.38. The first-order chi connectivity index (χ1) is 16.3. The molecular weight excluding hydrogens is 410 g/mol. The average molecular weight is 429 g/mol. The van der Waals surface area contributed by atoms with Crippen molar-refractivity contribution in [1.82, 2.24) is 20.3 Å². The number of aliphatic imine (C=N–C) groups is 1. The Bertz CT molecular complexity index is 1490. The van der Waals surface area contributed by atoms with Crippen LogP contribution in [0.5, 0.6) is 0 Å². The molecule has 6 nitrogen and oxygen atoms in total. The molecule has 0 aliphatic carbocycles. The summed E-state index contributed by atoms with van der Waals surface area (Å²) < 4.78 is 0. The second-order valence-corrected chi connectivity index (χ2v) is 7.86. The van der Waals surface area contributed by atoms with Crippen LogP contribution < -0.4 is 5.32 Å². The first-order valence-corrected chi connectivity index (χ1v) is 10.7. The summed E-state index contributed by atoms with van der Waals surface area (Å²) in [6, 6.07) is 27.7. The van der Waals surface area contributed by atoms with Gasteiger partial charge in [0.15, 0.2) is 6.17 Å². The van der Waals surface area contributed by atoms with Gasteiger partial charge in [-0.25, -0.2) is 9.97 Å². The van der Waals surface area contributed by atoms with E-state index in [4.69, 9.17) is 4.99 Å². The number of fused-ring (bicyclic) bond motifs is 4. The lowest BCUT2D eigenvalue weighted by molar-refractivity contribution is 0.0934. The van der Waals surface area contributed by atoms with Gasteiger partial charge in [0.05, 0.1) is 11.4 Å². The van der Waals surface area contributed by atoms with E-state index in [9.17, 15) is 4.79 Å². The smallest absolute Gasteiger partial charge is 0.269 e. The highest BCUT2D eigenvalue weighted by molar-refractivity contribution is 6.17. The topological polar surface area (TPSA) is 83.0 Å². The summed E-state index contributed by atoms with van der Waals surface area (Å²) in [5.41, 5.74) is 6.59. The van der Waals surface area contributed by atoms with E-state index in [0.29, 0.717) is 5.69 Å². The molecule has 1 aliphatic rings. The summed E-state index contributed by atoms with van der Waals surface area (Å²) in [6.45, 7) is 0. The number of H-pyrrole nitrogens is 1. The Morgan fingerprint density at radius 2 is 1.64 bits per heavy atom. The molecule has 3 aromatic carbocycles. The van der Waals surface area contributed by atoms with Crippen molar-refractivity contribution in [1.29, 1.82) is 0 Å². The van der Waals surface area contributed by atoms with Crippen molar-refractivity contribution in [2.75, 3.05) is 0 Å². The SMILES string of the molecule is O=C(NC1N=C(c2ccccc2)c2ccccc2-c2ncncc21)c1cc2ccccc2[nH]1. The Labute approximate surface area is 190 Å². The van der Waals surface area contributed by atoms with Gasteiger partial charge in [-0.3, -0.25) is 9.79 Å². The fourth-order valence-electron chi connectivity index (χ4n) is 4.26. The lowest BCUT2D eigenvalue weighted by Crippen LogP contribution is -2.28. The fraction of sp³-hybridized carbons (Fsp3) is 0.0370. The highest BCUT2D eigenvalue weighted by Gasteiger charge is 2.27. The number of benzene rings is 3. The van der Waals surface area contributed by atoms with E-state index in [-0.39, 0.29) is 5.91 Å². The molecule has 0 fully saturated rings. The molecular formula is C27H19N5O. The monoisotopic (exact) mass is 429 g/mol. The average Bonchev–Trinajstić information content (AvgIpc) is 3.26. The van der Waals surface area contributed by atoms with Gasteiger partial charge < -0.3 is 10.3 Å². The van der Waals surface area contributed by atoms with Gasteiger partial charge in [0, 0.05) is 39.4 Å². The van der Waals surface area contributed by atoms with Crippen LogP contribution in [0.1, 0.15) is 33.3 Å². The Hall–Kier alpha value is -4.58. The van der Waals surface area contributed by atoms with Crippen molar-refractivity contribution in [2.24, 2.45) is 4.99 Å². The van der Waals surface area contributed by atoms with Gasteiger partial charge in [0.2, 0.25) is 0 Å². The molecule has 33 heavy (non-hydrogen) atoms. The molecule has 1 aliphatic heterocycles. The van der Waals surface area contributed by atoms with Gasteiger partial charge in [-0.1, -0.05) is 72.8 Å². The van der Waals surface area contributed by atoms with Gasteiger partial charge in [-0.2, -0.15) is 0 Å². The summed E-state index contributed by atoms with van der Waals surface area (Å²) in [6.07, 6.45) is 2.61. The highest BCUT2D eigenvalue weighted by atomic mass is 16.2. The van der Waals surface area contributed by atoms with E-state index in [0.717, 1.165) is 44.6 Å². The largest absolute Gasteiger partial charge is 0.351 e. The number of rotatable bonds is 3. The number of carbonyl (C=O) groups is 1. The van der Waals surface area contributed by atoms with E-state index < -0.39 is 6.17 Å². The van der Waals surface area contributed by atoms with Crippen molar-refractivity contribution in [3.63, 3.8) is 0 Å². The zero-order valence-corrected chi connectivity index (χ0v) is 17.6. The predicted molar refractivity (Wildman–Crippen MR) is 128 cm³/mol. The fourth-order valence-corrected chi connectivity index (χ4v) is 4.26. The first-order valence-electron chi connectivity index (χ1n) is 10.7. The number of carbonyl (C=O) groups excluding carboxylic acids is 1. The molecule has 2 aromatic heterocycles. The van der Waals surface area contributed by atoms with Crippen molar-refractivity contribution in [3.05, 3.63) is 120 Å². The molecule has 0 saturated heterocycles. The van der Waals surface area contributed by atoms with Crippen LogP contribution in [0, 0.1) is 0 Å². The minimum Gasteiger partial charge on any atom is -0.351 e. The Morgan fingerprint density at radius 3 is 2.48 bits per heavy atom. The second kappa shape index (κ2) is 7.84. The number of hydrogen-bond acceptors (Lipinski definition) is 4. The van der Waals surface area contributed by atoms with E-state index in [1.165, 1.54) is 6.33 Å². The number of nitrogens with one attached hydrogen (secondary N) is 2. The van der Waals surface area contributed by atoms with Crippen molar-refractivity contribution >= 4 is 22.5 Å². The molecule has 158 valence electrons. The number of amides is 1. The molecule has 2 N–H and O–H groups in total. The quantitative estimate of drug-likeness (QED) is 0.428. The van der Waals surface area contributed by atoms with E-state index in [1.807, 2.05) is 84.9 Å². The standard InChI is InChI=1S/C27H19N5O/c33-27(23-14-18-10-4-7-13-22(18)30-23)32-26-21-15-28-16-29-25(21)20-12-6-5-11-19(20)24(31-26)17-8-2-1-3-9-17/h1-16,26,30H,(H,32,33). The van der Waals surface area contributed by atoms with Gasteiger partial charge in [0.1, 0.15) is 12.0 Å². The number of hydrogen-bond donors (Lipinski definition) is 2. The second-order valence-electron chi connectivity index (χ2n) is 7.86. The minimum absolute atomic E-state index is 0.242. The highest BCUT2D eigenvalue weighted by Crippen LogP contribution is 2.35. The minimum atomic E-state index is -0.650. The summed E-state index contributed by atoms with van der Waals surface area (Å²) in [5.74, 6) is -0.242. The zero-order valence-electron chi connectivity index (χ0n) is 17.6. The van der Waals surface area contributed by atoms with Gasteiger partial charge in [0.25, 0.3) is 5.91 Å². The van der Waals surface area contributed by atoms with E-state index >= 15 is 0 Å². The molecule has 1 unspecified atom stereocenters. The van der Waals surface area contributed by atoms with E-state index in [1.54, 1.807) is 6.20 Å². The van der Waals surface area contributed by atoms with Crippen LogP contribution in [-0.4, -0.2) is 26.6 Å². The molecule has 6 heteroatoms. The van der Waals surface area contributed by atoms with Crippen molar-refractivity contribution < 1.29 is 4.79 Å². The molecule has 5 aromatic rings. The molecule has 0 spiro atoms. The van der Waals surface area contributed by atoms with Crippen LogP contribution >= 0.6 is 0 Å².